The lowest BCUT2D eigenvalue weighted by Crippen LogP contribution is -2.25. The average molecular weight is 236 g/mol. The summed E-state index contributed by atoms with van der Waals surface area (Å²) in [5, 5.41) is 0. The highest BCUT2D eigenvalue weighted by molar-refractivity contribution is 5.37. The zero-order valence-electron chi connectivity index (χ0n) is 9.42. The molecule has 16 heavy (non-hydrogen) atoms. The first kappa shape index (κ1) is 12.8. The molecule has 0 N–H and O–H groups in total. The van der Waals surface area contributed by atoms with Crippen molar-refractivity contribution < 1.29 is 22.3 Å². The van der Waals surface area contributed by atoms with E-state index in [-0.39, 0.29) is 5.56 Å². The molecule has 0 saturated heterocycles. The van der Waals surface area contributed by atoms with Crippen LogP contribution in [0.4, 0.5) is 17.6 Å². The van der Waals surface area contributed by atoms with Crippen LogP contribution in [0.3, 0.4) is 0 Å². The molecule has 0 unspecified atom stereocenters. The lowest BCUT2D eigenvalue weighted by atomic mass is 10.1. The molecule has 0 heterocycles. The first-order chi connectivity index (χ1) is 7.15. The maximum Gasteiger partial charge on any atom is 0.204 e. The molecule has 0 aliphatic heterocycles. The highest BCUT2D eigenvalue weighted by Gasteiger charge is 2.26. The Bertz CT molecular complexity index is 392. The first-order valence-electron chi connectivity index (χ1n) is 4.66. The van der Waals surface area contributed by atoms with Gasteiger partial charge < -0.3 is 4.74 Å². The van der Waals surface area contributed by atoms with Gasteiger partial charge in [-0.2, -0.15) is 4.39 Å². The zero-order chi connectivity index (χ0) is 12.7. The highest BCUT2D eigenvalue weighted by Crippen LogP contribution is 2.32. The topological polar surface area (TPSA) is 9.23 Å². The SMILES string of the molecule is Cc1c(F)c(F)c(F)c(F)c1OC(C)(C)C. The van der Waals surface area contributed by atoms with E-state index in [0.29, 0.717) is 0 Å². The fraction of sp³-hybridized carbons (Fsp3) is 0.455. The van der Waals surface area contributed by atoms with Crippen LogP contribution < -0.4 is 4.74 Å². The number of hydrogen-bond acceptors (Lipinski definition) is 1. The molecule has 5 heteroatoms. The second-order valence-electron chi connectivity index (χ2n) is 4.42. The summed E-state index contributed by atoms with van der Waals surface area (Å²) in [7, 11) is 0. The molecule has 0 aromatic heterocycles. The minimum atomic E-state index is -1.86. The summed E-state index contributed by atoms with van der Waals surface area (Å²) in [6, 6.07) is 0. The normalized spacial score (nSPS) is 11.8. The fourth-order valence-corrected chi connectivity index (χ4v) is 1.15. The molecule has 0 saturated carbocycles. The van der Waals surface area contributed by atoms with Gasteiger partial charge in [0.25, 0.3) is 0 Å². The number of benzene rings is 1. The summed E-state index contributed by atoms with van der Waals surface area (Å²) in [5.74, 6) is -7.22. The Kier molecular flexibility index (Phi) is 3.17. The molecule has 0 atom stereocenters. The number of ether oxygens (including phenoxy) is 1. The largest absolute Gasteiger partial charge is 0.485 e. The number of hydrogen-bond donors (Lipinski definition) is 0. The summed E-state index contributed by atoms with van der Waals surface area (Å²) in [5.41, 5.74) is -1.21. The summed E-state index contributed by atoms with van der Waals surface area (Å²) in [6.45, 7) is 5.89. The van der Waals surface area contributed by atoms with Crippen molar-refractivity contribution in [3.63, 3.8) is 0 Å². The minimum Gasteiger partial charge on any atom is -0.485 e. The molecule has 0 amide bonds. The van der Waals surface area contributed by atoms with Gasteiger partial charge >= 0.3 is 0 Å². The Morgan fingerprint density at radius 3 is 1.69 bits per heavy atom. The number of halogens is 4. The van der Waals surface area contributed by atoms with Crippen molar-refractivity contribution >= 4 is 0 Å². The van der Waals surface area contributed by atoms with Gasteiger partial charge in [-0.25, -0.2) is 13.2 Å². The van der Waals surface area contributed by atoms with Crippen LogP contribution in [0, 0.1) is 30.2 Å². The highest BCUT2D eigenvalue weighted by atomic mass is 19.2. The lowest BCUT2D eigenvalue weighted by Gasteiger charge is -2.23. The van der Waals surface area contributed by atoms with Crippen LogP contribution in [0.5, 0.6) is 5.75 Å². The van der Waals surface area contributed by atoms with E-state index in [1.807, 2.05) is 0 Å². The van der Waals surface area contributed by atoms with Gasteiger partial charge in [-0.05, 0) is 27.7 Å². The third-order valence-corrected chi connectivity index (χ3v) is 1.86. The first-order valence-corrected chi connectivity index (χ1v) is 4.66. The van der Waals surface area contributed by atoms with Crippen molar-refractivity contribution in [1.82, 2.24) is 0 Å². The summed E-state index contributed by atoms with van der Waals surface area (Å²) in [4.78, 5) is 0. The molecule has 1 nitrogen and oxygen atoms in total. The lowest BCUT2D eigenvalue weighted by molar-refractivity contribution is 0.120. The summed E-state index contributed by atoms with van der Waals surface area (Å²) < 4.78 is 57.3. The van der Waals surface area contributed by atoms with Gasteiger partial charge in [0, 0.05) is 5.56 Å². The van der Waals surface area contributed by atoms with Crippen molar-refractivity contribution in [2.45, 2.75) is 33.3 Å². The molecule has 1 rings (SSSR count). The van der Waals surface area contributed by atoms with Gasteiger partial charge in [0.05, 0.1) is 0 Å². The van der Waals surface area contributed by atoms with Crippen LogP contribution in [-0.4, -0.2) is 5.60 Å². The molecule has 0 spiro atoms. The Balaban J connectivity index is 3.40. The summed E-state index contributed by atoms with van der Waals surface area (Å²) in [6.07, 6.45) is 0. The van der Waals surface area contributed by atoms with E-state index in [1.54, 1.807) is 20.8 Å². The molecule has 0 fully saturated rings. The summed E-state index contributed by atoms with van der Waals surface area (Å²) >= 11 is 0. The predicted molar refractivity (Wildman–Crippen MR) is 51.4 cm³/mol. The van der Waals surface area contributed by atoms with Crippen molar-refractivity contribution in [2.24, 2.45) is 0 Å². The second kappa shape index (κ2) is 3.96. The van der Waals surface area contributed by atoms with E-state index in [9.17, 15) is 17.6 Å². The molecule has 1 aromatic rings. The van der Waals surface area contributed by atoms with Crippen LogP contribution in [0.2, 0.25) is 0 Å². The molecule has 0 radical (unpaired) electrons. The van der Waals surface area contributed by atoms with Gasteiger partial charge in [-0.15, -0.1) is 0 Å². The predicted octanol–water partition coefficient (Wildman–Crippen LogP) is 3.73. The number of rotatable bonds is 1. The van der Waals surface area contributed by atoms with E-state index < -0.39 is 34.6 Å². The molecular formula is C11H12F4O. The average Bonchev–Trinajstić information content (AvgIpc) is 2.17. The van der Waals surface area contributed by atoms with Gasteiger partial charge in [0.15, 0.2) is 17.4 Å². The van der Waals surface area contributed by atoms with Gasteiger partial charge in [-0.3, -0.25) is 0 Å². The quantitative estimate of drug-likeness (QED) is 0.410. The van der Waals surface area contributed by atoms with Crippen molar-refractivity contribution in [2.75, 3.05) is 0 Å². The van der Waals surface area contributed by atoms with Crippen molar-refractivity contribution in [3.8, 4) is 5.75 Å². The van der Waals surface area contributed by atoms with Crippen LogP contribution in [0.1, 0.15) is 26.3 Å². The Morgan fingerprint density at radius 1 is 0.812 bits per heavy atom. The maximum absolute atomic E-state index is 13.3. The van der Waals surface area contributed by atoms with Crippen LogP contribution in [0.15, 0.2) is 0 Å². The van der Waals surface area contributed by atoms with Gasteiger partial charge in [0.2, 0.25) is 11.6 Å². The van der Waals surface area contributed by atoms with Gasteiger partial charge in [-0.1, -0.05) is 0 Å². The molecule has 0 aliphatic carbocycles. The standard InChI is InChI=1S/C11H12F4O/c1-5-6(12)7(13)8(14)9(15)10(5)16-11(2,3)4/h1-4H3. The monoisotopic (exact) mass is 236 g/mol. The fourth-order valence-electron chi connectivity index (χ4n) is 1.15. The van der Waals surface area contributed by atoms with E-state index in [1.165, 1.54) is 0 Å². The Morgan fingerprint density at radius 2 is 1.25 bits per heavy atom. The third kappa shape index (κ3) is 2.28. The van der Waals surface area contributed by atoms with Gasteiger partial charge in [0.1, 0.15) is 5.60 Å². The molecular weight excluding hydrogens is 224 g/mol. The van der Waals surface area contributed by atoms with E-state index in [2.05, 4.69) is 0 Å². The minimum absolute atomic E-state index is 0.383. The van der Waals surface area contributed by atoms with Crippen molar-refractivity contribution in [3.05, 3.63) is 28.8 Å². The van der Waals surface area contributed by atoms with Crippen LogP contribution >= 0.6 is 0 Å². The van der Waals surface area contributed by atoms with Crippen LogP contribution in [-0.2, 0) is 0 Å². The Hall–Kier alpha value is -1.26. The maximum atomic E-state index is 13.3. The third-order valence-electron chi connectivity index (χ3n) is 1.86. The Labute approximate surface area is 91.0 Å². The molecule has 90 valence electrons. The molecule has 0 aliphatic rings. The van der Waals surface area contributed by atoms with Crippen molar-refractivity contribution in [1.29, 1.82) is 0 Å². The van der Waals surface area contributed by atoms with Crippen LogP contribution in [0.25, 0.3) is 0 Å². The van der Waals surface area contributed by atoms with E-state index in [0.717, 1.165) is 6.92 Å². The zero-order valence-corrected chi connectivity index (χ0v) is 9.42. The van der Waals surface area contributed by atoms with E-state index in [4.69, 9.17) is 4.74 Å². The van der Waals surface area contributed by atoms with E-state index >= 15 is 0 Å². The molecule has 0 bridgehead atoms. The second-order valence-corrected chi connectivity index (χ2v) is 4.42. The molecule has 1 aromatic carbocycles. The smallest absolute Gasteiger partial charge is 0.204 e.